The first-order valence-electron chi connectivity index (χ1n) is 8.63. The van der Waals surface area contributed by atoms with Crippen LogP contribution in [0.1, 0.15) is 17.5 Å². The molecule has 0 saturated carbocycles. The maximum absolute atomic E-state index is 14.1. The van der Waals surface area contributed by atoms with Crippen LogP contribution in [0.3, 0.4) is 0 Å². The third kappa shape index (κ3) is 4.79. The molecular formula is C20H22F2N2O2. The monoisotopic (exact) mass is 360 g/mol. The number of rotatable bonds is 6. The minimum absolute atomic E-state index is 0.245. The number of hydrogen-bond donors (Lipinski definition) is 0. The molecule has 0 aliphatic carbocycles. The number of carbonyl (C=O) groups excluding carboxylic acids is 1. The van der Waals surface area contributed by atoms with Crippen LogP contribution in [-0.4, -0.2) is 42.1 Å². The Labute approximate surface area is 152 Å². The third-order valence-electron chi connectivity index (χ3n) is 4.49. The van der Waals surface area contributed by atoms with Crippen molar-refractivity contribution in [3.63, 3.8) is 0 Å². The number of halogens is 2. The van der Waals surface area contributed by atoms with E-state index in [-0.39, 0.29) is 12.2 Å². The lowest BCUT2D eigenvalue weighted by Gasteiger charge is -2.33. The van der Waals surface area contributed by atoms with Gasteiger partial charge in [0.25, 0.3) is 0 Å². The molecule has 1 amide bonds. The number of carbonyl (C=O) groups is 1. The third-order valence-corrected chi connectivity index (χ3v) is 4.49. The van der Waals surface area contributed by atoms with Gasteiger partial charge in [0.15, 0.2) is 0 Å². The summed E-state index contributed by atoms with van der Waals surface area (Å²) in [6, 6.07) is 13.4. The Morgan fingerprint density at radius 3 is 2.62 bits per heavy atom. The highest BCUT2D eigenvalue weighted by atomic mass is 19.1. The molecule has 2 aromatic carbocycles. The molecule has 1 atom stereocenters. The topological polar surface area (TPSA) is 32.8 Å². The predicted molar refractivity (Wildman–Crippen MR) is 94.4 cm³/mol. The molecule has 3 rings (SSSR count). The van der Waals surface area contributed by atoms with Crippen molar-refractivity contribution in [2.24, 2.45) is 0 Å². The quantitative estimate of drug-likeness (QED) is 0.785. The van der Waals surface area contributed by atoms with Gasteiger partial charge in [-0.2, -0.15) is 0 Å². The average Bonchev–Trinajstić information content (AvgIpc) is 2.61. The molecule has 0 radical (unpaired) electrons. The van der Waals surface area contributed by atoms with Crippen LogP contribution in [0, 0.1) is 11.6 Å². The minimum Gasteiger partial charge on any atom is -0.445 e. The zero-order valence-corrected chi connectivity index (χ0v) is 14.7. The first-order valence-corrected chi connectivity index (χ1v) is 8.63. The van der Waals surface area contributed by atoms with Gasteiger partial charge in [-0.1, -0.05) is 36.4 Å². The van der Waals surface area contributed by atoms with Gasteiger partial charge < -0.3 is 9.64 Å². The summed E-state index contributed by atoms with van der Waals surface area (Å²) < 4.78 is 32.7. The Hall–Kier alpha value is -2.47. The number of hydrogen-bond acceptors (Lipinski definition) is 3. The fourth-order valence-corrected chi connectivity index (χ4v) is 3.05. The number of ether oxygens (including phenoxy) is 1. The molecular weight excluding hydrogens is 338 g/mol. The molecule has 2 aromatic rings. The lowest BCUT2D eigenvalue weighted by atomic mass is 10.1. The highest BCUT2D eigenvalue weighted by Gasteiger charge is 2.26. The van der Waals surface area contributed by atoms with Crippen molar-refractivity contribution >= 4 is 6.09 Å². The van der Waals surface area contributed by atoms with Gasteiger partial charge in [-0.3, -0.25) is 4.90 Å². The summed E-state index contributed by atoms with van der Waals surface area (Å²) in [7, 11) is 1.70. The highest BCUT2D eigenvalue weighted by Crippen LogP contribution is 2.18. The molecule has 1 aliphatic rings. The van der Waals surface area contributed by atoms with Crippen LogP contribution >= 0.6 is 0 Å². The van der Waals surface area contributed by atoms with Gasteiger partial charge in [-0.15, -0.1) is 0 Å². The smallest absolute Gasteiger partial charge is 0.409 e. The second kappa shape index (κ2) is 8.27. The standard InChI is InChI=1S/C20H22F2N2O2/c1-23-10-9-18(26-20(23)25)14-24(12-15-5-3-2-4-6-15)13-16-7-8-17(21)11-19(16)22/h2-8,11,18H,9-10,12-14H2,1H3/t18-/m0/s1. The van der Waals surface area contributed by atoms with Crippen LogP contribution in [0.15, 0.2) is 48.5 Å². The summed E-state index contributed by atoms with van der Waals surface area (Å²) in [6.45, 7) is 2.02. The predicted octanol–water partition coefficient (Wildman–Crippen LogP) is 3.81. The Morgan fingerprint density at radius 1 is 1.15 bits per heavy atom. The van der Waals surface area contributed by atoms with Crippen molar-refractivity contribution < 1.29 is 18.3 Å². The van der Waals surface area contributed by atoms with Gasteiger partial charge in [0.1, 0.15) is 17.7 Å². The van der Waals surface area contributed by atoms with Crippen molar-refractivity contribution in [1.29, 1.82) is 0 Å². The second-order valence-electron chi connectivity index (χ2n) is 6.61. The molecule has 26 heavy (non-hydrogen) atoms. The molecule has 0 unspecified atom stereocenters. The van der Waals surface area contributed by atoms with Crippen molar-refractivity contribution in [3.05, 3.63) is 71.3 Å². The normalized spacial score (nSPS) is 17.5. The molecule has 4 nitrogen and oxygen atoms in total. The lowest BCUT2D eigenvalue weighted by molar-refractivity contribution is 0.0122. The summed E-state index contributed by atoms with van der Waals surface area (Å²) >= 11 is 0. The van der Waals surface area contributed by atoms with Gasteiger partial charge >= 0.3 is 6.09 Å². The zero-order chi connectivity index (χ0) is 18.5. The first-order chi connectivity index (χ1) is 12.5. The van der Waals surface area contributed by atoms with Crippen molar-refractivity contribution in [2.45, 2.75) is 25.6 Å². The van der Waals surface area contributed by atoms with Crippen LogP contribution in [0.2, 0.25) is 0 Å². The largest absolute Gasteiger partial charge is 0.445 e. The molecule has 1 saturated heterocycles. The lowest BCUT2D eigenvalue weighted by Crippen LogP contribution is -2.44. The van der Waals surface area contributed by atoms with Crippen LogP contribution in [-0.2, 0) is 17.8 Å². The zero-order valence-electron chi connectivity index (χ0n) is 14.7. The fraction of sp³-hybridized carbons (Fsp3) is 0.350. The van der Waals surface area contributed by atoms with Gasteiger partial charge in [-0.05, 0) is 11.6 Å². The number of benzene rings is 2. The molecule has 138 valence electrons. The Morgan fingerprint density at radius 2 is 1.92 bits per heavy atom. The van der Waals surface area contributed by atoms with Gasteiger partial charge in [0.05, 0.1) is 0 Å². The van der Waals surface area contributed by atoms with E-state index < -0.39 is 11.6 Å². The van der Waals surface area contributed by atoms with Crippen LogP contribution < -0.4 is 0 Å². The number of nitrogens with zero attached hydrogens (tertiary/aromatic N) is 2. The maximum atomic E-state index is 14.1. The maximum Gasteiger partial charge on any atom is 0.409 e. The van der Waals surface area contributed by atoms with E-state index in [9.17, 15) is 13.6 Å². The van der Waals surface area contributed by atoms with Crippen molar-refractivity contribution in [2.75, 3.05) is 20.1 Å². The van der Waals surface area contributed by atoms with Crippen molar-refractivity contribution in [3.8, 4) is 0 Å². The number of cyclic esters (lactones) is 1. The van der Waals surface area contributed by atoms with E-state index in [4.69, 9.17) is 4.74 Å². The molecule has 0 N–H and O–H groups in total. The fourth-order valence-electron chi connectivity index (χ4n) is 3.05. The van der Waals surface area contributed by atoms with E-state index in [2.05, 4.69) is 0 Å². The van der Waals surface area contributed by atoms with E-state index in [0.29, 0.717) is 31.7 Å². The summed E-state index contributed by atoms with van der Waals surface area (Å²) in [5.41, 5.74) is 1.50. The van der Waals surface area contributed by atoms with Gasteiger partial charge in [0, 0.05) is 51.3 Å². The molecule has 1 heterocycles. The van der Waals surface area contributed by atoms with Crippen molar-refractivity contribution in [1.82, 2.24) is 9.80 Å². The van der Waals surface area contributed by atoms with Crippen LogP contribution in [0.4, 0.5) is 13.6 Å². The molecule has 0 aromatic heterocycles. The first kappa shape index (κ1) is 18.3. The molecule has 6 heteroatoms. The second-order valence-corrected chi connectivity index (χ2v) is 6.61. The summed E-state index contributed by atoms with van der Waals surface area (Å²) in [6.07, 6.45) is 0.138. The van der Waals surface area contributed by atoms with E-state index in [1.807, 2.05) is 35.2 Å². The summed E-state index contributed by atoms with van der Waals surface area (Å²) in [4.78, 5) is 15.3. The highest BCUT2D eigenvalue weighted by molar-refractivity contribution is 5.68. The molecule has 0 bridgehead atoms. The van der Waals surface area contributed by atoms with E-state index in [1.165, 1.54) is 17.0 Å². The van der Waals surface area contributed by atoms with Gasteiger partial charge in [0.2, 0.25) is 0 Å². The Bertz CT molecular complexity index is 755. The summed E-state index contributed by atoms with van der Waals surface area (Å²) in [5.74, 6) is -1.16. The summed E-state index contributed by atoms with van der Waals surface area (Å²) in [5, 5.41) is 0. The van der Waals surface area contributed by atoms with Crippen LogP contribution in [0.5, 0.6) is 0 Å². The number of amides is 1. The Balaban J connectivity index is 1.74. The van der Waals surface area contributed by atoms with E-state index >= 15 is 0 Å². The Kier molecular flexibility index (Phi) is 5.83. The van der Waals surface area contributed by atoms with E-state index in [0.717, 1.165) is 18.1 Å². The molecule has 1 aliphatic heterocycles. The van der Waals surface area contributed by atoms with E-state index in [1.54, 1.807) is 7.05 Å². The van der Waals surface area contributed by atoms with Crippen LogP contribution in [0.25, 0.3) is 0 Å². The minimum atomic E-state index is -0.592. The van der Waals surface area contributed by atoms with Gasteiger partial charge in [-0.25, -0.2) is 13.6 Å². The average molecular weight is 360 g/mol. The molecule has 0 spiro atoms. The molecule has 1 fully saturated rings. The SMILES string of the molecule is CN1CC[C@@H](CN(Cc2ccccc2)Cc2ccc(F)cc2F)OC1=O.